The highest BCUT2D eigenvalue weighted by molar-refractivity contribution is 6.01. The fourth-order valence-electron chi connectivity index (χ4n) is 2.07. The van der Waals surface area contributed by atoms with E-state index < -0.39 is 17.7 Å². The molecule has 0 saturated carbocycles. The van der Waals surface area contributed by atoms with Crippen LogP contribution in [0, 0.1) is 0 Å². The van der Waals surface area contributed by atoms with Crippen LogP contribution >= 0.6 is 0 Å². The summed E-state index contributed by atoms with van der Waals surface area (Å²) in [6.45, 7) is 7.25. The molecule has 1 aromatic carbocycles. The summed E-state index contributed by atoms with van der Waals surface area (Å²) in [6.07, 6.45) is -0.651. The molecule has 1 heterocycles. The zero-order chi connectivity index (χ0) is 17.7. The third-order valence-corrected chi connectivity index (χ3v) is 2.93. The zero-order valence-electron chi connectivity index (χ0n) is 14.2. The van der Waals surface area contributed by atoms with E-state index in [0.29, 0.717) is 5.56 Å². The Morgan fingerprint density at radius 3 is 2.46 bits per heavy atom. The minimum Gasteiger partial charge on any atom is -0.461 e. The number of nitrogens with zero attached hydrogens (tertiary/aromatic N) is 1. The molecule has 0 radical (unpaired) electrons. The van der Waals surface area contributed by atoms with Crippen LogP contribution in [0.5, 0.6) is 0 Å². The smallest absolute Gasteiger partial charge is 0.413 e. The minimum absolute atomic E-state index is 0.175. The summed E-state index contributed by atoms with van der Waals surface area (Å²) in [6, 6.07) is 9.14. The molecule has 128 valence electrons. The lowest BCUT2D eigenvalue weighted by Gasteiger charge is -2.19. The van der Waals surface area contributed by atoms with Gasteiger partial charge in [-0.05, 0) is 33.3 Å². The van der Waals surface area contributed by atoms with Crippen LogP contribution in [0.15, 0.2) is 30.3 Å². The molecule has 7 nitrogen and oxygen atoms in total. The molecule has 24 heavy (non-hydrogen) atoms. The number of rotatable bonds is 4. The molecular formula is C17H21N3O4. The lowest BCUT2D eigenvalue weighted by atomic mass is 10.1. The molecule has 0 bridgehead atoms. The van der Waals surface area contributed by atoms with Crippen molar-refractivity contribution in [1.29, 1.82) is 0 Å². The van der Waals surface area contributed by atoms with E-state index in [2.05, 4.69) is 15.5 Å². The Bertz CT molecular complexity index is 717. The predicted molar refractivity (Wildman–Crippen MR) is 89.8 cm³/mol. The number of benzene rings is 1. The molecule has 0 aliphatic carbocycles. The average Bonchev–Trinajstić information content (AvgIpc) is 2.90. The molecule has 0 unspecified atom stereocenters. The molecule has 1 aromatic heterocycles. The standard InChI is InChI=1S/C17H21N3O4/c1-5-23-15(21)13-12(11-9-7-6-8-10-11)14(20-19-13)18-16(22)24-17(2,3)4/h6-10H,5H2,1-4H3,(H2,18,19,20,22). The molecule has 2 rings (SSSR count). The van der Waals surface area contributed by atoms with Crippen molar-refractivity contribution in [2.24, 2.45) is 0 Å². The lowest BCUT2D eigenvalue weighted by Crippen LogP contribution is -2.27. The number of nitrogens with one attached hydrogen (secondary N) is 2. The normalized spacial score (nSPS) is 11.0. The van der Waals surface area contributed by atoms with Gasteiger partial charge in [0.1, 0.15) is 5.60 Å². The second kappa shape index (κ2) is 7.16. The maximum Gasteiger partial charge on any atom is 0.413 e. The van der Waals surface area contributed by atoms with Crippen molar-refractivity contribution in [3.8, 4) is 11.1 Å². The van der Waals surface area contributed by atoms with E-state index >= 15 is 0 Å². The molecule has 0 fully saturated rings. The number of carbonyl (C=O) groups is 2. The fourth-order valence-corrected chi connectivity index (χ4v) is 2.07. The maximum atomic E-state index is 12.1. The van der Waals surface area contributed by atoms with Crippen molar-refractivity contribution in [1.82, 2.24) is 10.2 Å². The van der Waals surface area contributed by atoms with Crippen LogP contribution in [-0.2, 0) is 9.47 Å². The summed E-state index contributed by atoms with van der Waals surface area (Å²) in [5.74, 6) is -0.334. The molecule has 0 spiro atoms. The van der Waals surface area contributed by atoms with Gasteiger partial charge in [-0.1, -0.05) is 30.3 Å². The van der Waals surface area contributed by atoms with Crippen LogP contribution in [0.1, 0.15) is 38.2 Å². The Morgan fingerprint density at radius 1 is 1.21 bits per heavy atom. The summed E-state index contributed by atoms with van der Waals surface area (Å²) < 4.78 is 10.3. The van der Waals surface area contributed by atoms with Crippen molar-refractivity contribution < 1.29 is 19.1 Å². The van der Waals surface area contributed by atoms with E-state index in [1.807, 2.05) is 30.3 Å². The van der Waals surface area contributed by atoms with Crippen molar-refractivity contribution >= 4 is 17.9 Å². The molecular weight excluding hydrogens is 310 g/mol. The maximum absolute atomic E-state index is 12.1. The SMILES string of the molecule is CCOC(=O)c1[nH]nc(NC(=O)OC(C)(C)C)c1-c1ccccc1. The number of H-pyrrole nitrogens is 1. The van der Waals surface area contributed by atoms with Crippen molar-refractivity contribution in [3.63, 3.8) is 0 Å². The van der Waals surface area contributed by atoms with Gasteiger partial charge in [-0.15, -0.1) is 0 Å². The van der Waals surface area contributed by atoms with Gasteiger partial charge < -0.3 is 9.47 Å². The third kappa shape index (κ3) is 4.34. The molecule has 0 saturated heterocycles. The van der Waals surface area contributed by atoms with Crippen LogP contribution in [0.25, 0.3) is 11.1 Å². The number of hydrogen-bond donors (Lipinski definition) is 2. The van der Waals surface area contributed by atoms with Crippen molar-refractivity contribution in [2.75, 3.05) is 11.9 Å². The third-order valence-electron chi connectivity index (χ3n) is 2.93. The van der Waals surface area contributed by atoms with E-state index in [4.69, 9.17) is 9.47 Å². The van der Waals surface area contributed by atoms with Gasteiger partial charge in [0.15, 0.2) is 11.5 Å². The number of hydrogen-bond acceptors (Lipinski definition) is 5. The minimum atomic E-state index is -0.651. The monoisotopic (exact) mass is 331 g/mol. The highest BCUT2D eigenvalue weighted by Gasteiger charge is 2.24. The van der Waals surface area contributed by atoms with Crippen LogP contribution in [-0.4, -0.2) is 34.5 Å². The van der Waals surface area contributed by atoms with Gasteiger partial charge in [0, 0.05) is 0 Å². The molecule has 0 aliphatic heterocycles. The molecule has 7 heteroatoms. The summed E-state index contributed by atoms with van der Waals surface area (Å²) in [7, 11) is 0. The Labute approximate surface area is 140 Å². The van der Waals surface area contributed by atoms with E-state index in [9.17, 15) is 9.59 Å². The summed E-state index contributed by atoms with van der Waals surface area (Å²) in [5, 5.41) is 9.23. The Morgan fingerprint density at radius 2 is 1.88 bits per heavy atom. The quantitative estimate of drug-likeness (QED) is 0.835. The Hall–Kier alpha value is -2.83. The van der Waals surface area contributed by atoms with Gasteiger partial charge in [0.25, 0.3) is 0 Å². The van der Waals surface area contributed by atoms with Crippen LogP contribution in [0.4, 0.5) is 10.6 Å². The van der Waals surface area contributed by atoms with Crippen molar-refractivity contribution in [2.45, 2.75) is 33.3 Å². The average molecular weight is 331 g/mol. The number of esters is 1. The summed E-state index contributed by atoms with van der Waals surface area (Å²) in [4.78, 5) is 24.1. The van der Waals surface area contributed by atoms with Crippen LogP contribution in [0.2, 0.25) is 0 Å². The van der Waals surface area contributed by atoms with Gasteiger partial charge in [-0.2, -0.15) is 5.10 Å². The van der Waals surface area contributed by atoms with Crippen LogP contribution < -0.4 is 5.32 Å². The largest absolute Gasteiger partial charge is 0.461 e. The van der Waals surface area contributed by atoms with E-state index in [-0.39, 0.29) is 18.1 Å². The summed E-state index contributed by atoms with van der Waals surface area (Å²) >= 11 is 0. The molecule has 2 N–H and O–H groups in total. The number of anilines is 1. The first kappa shape index (κ1) is 17.5. The Kier molecular flexibility index (Phi) is 5.23. The topological polar surface area (TPSA) is 93.3 Å². The van der Waals surface area contributed by atoms with E-state index in [0.717, 1.165) is 5.56 Å². The van der Waals surface area contributed by atoms with E-state index in [1.165, 1.54) is 0 Å². The molecule has 0 atom stereocenters. The number of amides is 1. The predicted octanol–water partition coefficient (Wildman–Crippen LogP) is 3.60. The van der Waals surface area contributed by atoms with Gasteiger partial charge in [0.2, 0.25) is 0 Å². The highest BCUT2D eigenvalue weighted by atomic mass is 16.6. The second-order valence-electron chi connectivity index (χ2n) is 6.04. The first-order valence-electron chi connectivity index (χ1n) is 7.62. The second-order valence-corrected chi connectivity index (χ2v) is 6.04. The number of aromatic nitrogens is 2. The highest BCUT2D eigenvalue weighted by Crippen LogP contribution is 2.30. The van der Waals surface area contributed by atoms with Gasteiger partial charge in [-0.3, -0.25) is 10.4 Å². The van der Waals surface area contributed by atoms with Gasteiger partial charge in [0.05, 0.1) is 12.2 Å². The molecule has 1 amide bonds. The van der Waals surface area contributed by atoms with Crippen LogP contribution in [0.3, 0.4) is 0 Å². The first-order chi connectivity index (χ1) is 11.3. The van der Waals surface area contributed by atoms with Crippen molar-refractivity contribution in [3.05, 3.63) is 36.0 Å². The first-order valence-corrected chi connectivity index (χ1v) is 7.62. The number of carbonyl (C=O) groups excluding carboxylic acids is 2. The number of aromatic amines is 1. The van der Waals surface area contributed by atoms with E-state index in [1.54, 1.807) is 27.7 Å². The van der Waals surface area contributed by atoms with Gasteiger partial charge >= 0.3 is 12.1 Å². The zero-order valence-corrected chi connectivity index (χ0v) is 14.2. The lowest BCUT2D eigenvalue weighted by molar-refractivity contribution is 0.0519. The molecule has 2 aromatic rings. The number of ether oxygens (including phenoxy) is 2. The fraction of sp³-hybridized carbons (Fsp3) is 0.353. The summed E-state index contributed by atoms with van der Waals surface area (Å²) in [5.41, 5.74) is 0.714. The Balaban J connectivity index is 2.38. The van der Waals surface area contributed by atoms with Gasteiger partial charge in [-0.25, -0.2) is 9.59 Å². The molecule has 0 aliphatic rings.